The number of hydrogen-bond donors (Lipinski definition) is 0. The van der Waals surface area contributed by atoms with Crippen LogP contribution in [0.2, 0.25) is 0 Å². The predicted molar refractivity (Wildman–Crippen MR) is 93.2 cm³/mol. The Morgan fingerprint density at radius 1 is 1.38 bits per heavy atom. The quantitative estimate of drug-likeness (QED) is 0.553. The van der Waals surface area contributed by atoms with E-state index in [9.17, 15) is 9.59 Å². The SMILES string of the molecule is CCn1c(SCC(=O)N2CCS[C@H](C(=O)OC)C2)nnc1C1CC1. The summed E-state index contributed by atoms with van der Waals surface area (Å²) in [4.78, 5) is 25.9. The first-order valence-corrected chi connectivity index (χ1v) is 10.2. The number of carbonyl (C=O) groups is 2. The van der Waals surface area contributed by atoms with Crippen LogP contribution in [0.4, 0.5) is 0 Å². The molecule has 7 nitrogen and oxygen atoms in total. The van der Waals surface area contributed by atoms with E-state index in [4.69, 9.17) is 4.74 Å². The number of thioether (sulfide) groups is 2. The molecule has 1 aliphatic carbocycles. The third kappa shape index (κ3) is 3.88. The Labute approximate surface area is 149 Å². The van der Waals surface area contributed by atoms with Gasteiger partial charge < -0.3 is 14.2 Å². The van der Waals surface area contributed by atoms with Crippen LogP contribution in [0.1, 0.15) is 31.5 Å². The summed E-state index contributed by atoms with van der Waals surface area (Å²) in [6.45, 7) is 3.99. The number of ether oxygens (including phenoxy) is 1. The zero-order chi connectivity index (χ0) is 17.1. The minimum atomic E-state index is -0.279. The van der Waals surface area contributed by atoms with Crippen LogP contribution in [-0.2, 0) is 20.9 Å². The lowest BCUT2D eigenvalue weighted by molar-refractivity contribution is -0.141. The molecule has 1 amide bonds. The van der Waals surface area contributed by atoms with E-state index in [0.29, 0.717) is 24.8 Å². The largest absolute Gasteiger partial charge is 0.468 e. The van der Waals surface area contributed by atoms with Gasteiger partial charge in [0.15, 0.2) is 5.16 Å². The van der Waals surface area contributed by atoms with Gasteiger partial charge in [0.05, 0.1) is 12.9 Å². The Balaban J connectivity index is 1.56. The minimum absolute atomic E-state index is 0.0350. The molecule has 0 bridgehead atoms. The number of esters is 1. The highest BCUT2D eigenvalue weighted by Crippen LogP contribution is 2.40. The molecule has 0 aromatic carbocycles. The Morgan fingerprint density at radius 2 is 2.17 bits per heavy atom. The fourth-order valence-electron chi connectivity index (χ4n) is 2.72. The summed E-state index contributed by atoms with van der Waals surface area (Å²) in [6.07, 6.45) is 2.37. The molecule has 0 spiro atoms. The van der Waals surface area contributed by atoms with Crippen LogP contribution in [0.5, 0.6) is 0 Å². The Morgan fingerprint density at radius 3 is 2.83 bits per heavy atom. The van der Waals surface area contributed by atoms with Crippen LogP contribution in [0.25, 0.3) is 0 Å². The highest BCUT2D eigenvalue weighted by atomic mass is 32.2. The van der Waals surface area contributed by atoms with Gasteiger partial charge in [-0.15, -0.1) is 22.0 Å². The lowest BCUT2D eigenvalue weighted by Crippen LogP contribution is -2.45. The summed E-state index contributed by atoms with van der Waals surface area (Å²) in [5.74, 6) is 2.45. The Kier molecular flexibility index (Phi) is 5.70. The Bertz CT molecular complexity index is 618. The molecule has 0 unspecified atom stereocenters. The second kappa shape index (κ2) is 7.77. The number of aromatic nitrogens is 3. The summed E-state index contributed by atoms with van der Waals surface area (Å²) >= 11 is 2.98. The summed E-state index contributed by atoms with van der Waals surface area (Å²) in [5, 5.41) is 9.07. The second-order valence-electron chi connectivity index (χ2n) is 5.87. The van der Waals surface area contributed by atoms with Crippen molar-refractivity contribution in [2.45, 2.75) is 42.6 Å². The molecule has 1 aliphatic heterocycles. The zero-order valence-corrected chi connectivity index (χ0v) is 15.6. The molecule has 1 aromatic rings. The highest BCUT2D eigenvalue weighted by molar-refractivity contribution is 8.00. The maximum Gasteiger partial charge on any atom is 0.320 e. The maximum atomic E-state index is 12.5. The van der Waals surface area contributed by atoms with Gasteiger partial charge in [-0.3, -0.25) is 9.59 Å². The number of hydrogen-bond acceptors (Lipinski definition) is 7. The fourth-order valence-corrected chi connectivity index (χ4v) is 4.76. The number of rotatable bonds is 6. The van der Waals surface area contributed by atoms with Crippen molar-refractivity contribution < 1.29 is 14.3 Å². The first-order chi connectivity index (χ1) is 11.6. The molecule has 0 radical (unpaired) electrons. The van der Waals surface area contributed by atoms with E-state index in [-0.39, 0.29) is 17.1 Å². The normalized spacial score (nSPS) is 20.9. The number of amides is 1. The standard InChI is InChI=1S/C15H22N4O3S2/c1-3-19-13(10-4-5-10)16-17-15(19)24-9-12(20)18-6-7-23-11(8-18)14(21)22-2/h10-11H,3-9H2,1-2H3/t11-/m0/s1. The summed E-state index contributed by atoms with van der Waals surface area (Å²) in [6, 6.07) is 0. The van der Waals surface area contributed by atoms with Crippen LogP contribution in [0.15, 0.2) is 5.16 Å². The van der Waals surface area contributed by atoms with Crippen LogP contribution in [0.3, 0.4) is 0 Å². The van der Waals surface area contributed by atoms with E-state index < -0.39 is 0 Å². The summed E-state index contributed by atoms with van der Waals surface area (Å²) < 4.78 is 6.89. The van der Waals surface area contributed by atoms with E-state index in [0.717, 1.165) is 23.3 Å². The van der Waals surface area contributed by atoms with E-state index in [1.165, 1.54) is 31.7 Å². The molecule has 2 heterocycles. The lowest BCUT2D eigenvalue weighted by Gasteiger charge is -2.30. The van der Waals surface area contributed by atoms with Crippen LogP contribution in [-0.4, -0.2) is 68.5 Å². The van der Waals surface area contributed by atoms with E-state index in [1.807, 2.05) is 0 Å². The van der Waals surface area contributed by atoms with Gasteiger partial charge >= 0.3 is 5.97 Å². The van der Waals surface area contributed by atoms with Gasteiger partial charge in [-0.25, -0.2) is 0 Å². The first-order valence-electron chi connectivity index (χ1n) is 8.17. The molecular formula is C15H22N4O3S2. The molecule has 1 saturated heterocycles. The van der Waals surface area contributed by atoms with Gasteiger partial charge in [-0.1, -0.05) is 11.8 Å². The third-order valence-corrected chi connectivity index (χ3v) is 6.33. The van der Waals surface area contributed by atoms with Crippen molar-refractivity contribution in [3.8, 4) is 0 Å². The van der Waals surface area contributed by atoms with Crippen LogP contribution < -0.4 is 0 Å². The molecule has 2 aliphatic rings. The minimum Gasteiger partial charge on any atom is -0.468 e. The molecule has 24 heavy (non-hydrogen) atoms. The van der Waals surface area contributed by atoms with Gasteiger partial charge in [0.25, 0.3) is 0 Å². The molecule has 3 rings (SSSR count). The predicted octanol–water partition coefficient (Wildman–Crippen LogP) is 1.38. The lowest BCUT2D eigenvalue weighted by atomic mass is 10.3. The molecule has 1 saturated carbocycles. The monoisotopic (exact) mass is 370 g/mol. The van der Waals surface area contributed by atoms with Gasteiger partial charge in [-0.05, 0) is 19.8 Å². The van der Waals surface area contributed by atoms with E-state index >= 15 is 0 Å². The van der Waals surface area contributed by atoms with Crippen molar-refractivity contribution in [2.24, 2.45) is 0 Å². The van der Waals surface area contributed by atoms with Gasteiger partial charge in [0.1, 0.15) is 11.1 Å². The van der Waals surface area contributed by atoms with Crippen molar-refractivity contribution in [3.63, 3.8) is 0 Å². The highest BCUT2D eigenvalue weighted by Gasteiger charge is 2.31. The van der Waals surface area contributed by atoms with Crippen molar-refractivity contribution in [3.05, 3.63) is 5.82 Å². The van der Waals surface area contributed by atoms with Gasteiger partial charge in [0, 0.05) is 31.3 Å². The van der Waals surface area contributed by atoms with E-state index in [2.05, 4.69) is 21.7 Å². The van der Waals surface area contributed by atoms with Crippen LogP contribution >= 0.6 is 23.5 Å². The van der Waals surface area contributed by atoms with Crippen LogP contribution in [0, 0.1) is 0 Å². The maximum absolute atomic E-state index is 12.5. The summed E-state index contributed by atoms with van der Waals surface area (Å²) in [7, 11) is 1.38. The average Bonchev–Trinajstić information content (AvgIpc) is 3.38. The van der Waals surface area contributed by atoms with Crippen molar-refractivity contribution in [2.75, 3.05) is 31.7 Å². The number of carbonyl (C=O) groups excluding carboxylic acids is 2. The average molecular weight is 371 g/mol. The van der Waals surface area contributed by atoms with Gasteiger partial charge in [0.2, 0.25) is 5.91 Å². The number of methoxy groups -OCH3 is 1. The van der Waals surface area contributed by atoms with Crippen molar-refractivity contribution >= 4 is 35.4 Å². The van der Waals surface area contributed by atoms with Crippen molar-refractivity contribution in [1.29, 1.82) is 0 Å². The smallest absolute Gasteiger partial charge is 0.320 e. The van der Waals surface area contributed by atoms with Gasteiger partial charge in [-0.2, -0.15) is 0 Å². The third-order valence-electron chi connectivity index (χ3n) is 4.21. The van der Waals surface area contributed by atoms with E-state index in [1.54, 1.807) is 16.7 Å². The number of nitrogens with zero attached hydrogens (tertiary/aromatic N) is 4. The summed E-state index contributed by atoms with van der Waals surface area (Å²) in [5.41, 5.74) is 0. The fraction of sp³-hybridized carbons (Fsp3) is 0.733. The molecule has 9 heteroatoms. The topological polar surface area (TPSA) is 77.3 Å². The molecule has 2 fully saturated rings. The second-order valence-corrected chi connectivity index (χ2v) is 8.12. The molecule has 1 atom stereocenters. The first kappa shape index (κ1) is 17.6. The van der Waals surface area contributed by atoms with Crippen molar-refractivity contribution in [1.82, 2.24) is 19.7 Å². The Hall–Kier alpha value is -1.22. The molecule has 0 N–H and O–H groups in total. The zero-order valence-electron chi connectivity index (χ0n) is 13.9. The molecule has 132 valence electrons. The molecule has 1 aromatic heterocycles. The molecular weight excluding hydrogens is 348 g/mol.